The SMILES string of the molecule is CC[C@H]1CN2CCc3cc(OC)c(OC)cc3C2C[C@@H]1C[C@@H]1c2cc(OC)c(OC)cc2CCN1C(=O)CCNC(=O)[C@H](C)[C@@H](OC)C1CCCN1C(=O)C[C@@H](OC)[C@H]([C@@H](C)CC)N(C)C(=O)[C@@H](NC(=O)[C@@H](NC)C(C)C)C(C)C. The Morgan fingerprint density at radius 1 is 0.713 bits per heavy atom. The molecule has 5 amide bonds. The summed E-state index contributed by atoms with van der Waals surface area (Å²) in [6, 6.07) is 6.32. The van der Waals surface area contributed by atoms with Gasteiger partial charge in [-0.05, 0) is 122 Å². The van der Waals surface area contributed by atoms with Gasteiger partial charge in [0.25, 0.3) is 0 Å². The molecule has 0 spiro atoms. The zero-order valence-corrected chi connectivity index (χ0v) is 51.3. The van der Waals surface area contributed by atoms with Crippen molar-refractivity contribution in [3.05, 3.63) is 46.5 Å². The molecule has 448 valence electrons. The van der Waals surface area contributed by atoms with Crippen LogP contribution in [0.5, 0.6) is 23.0 Å². The van der Waals surface area contributed by atoms with Crippen LogP contribution in [0, 0.1) is 35.5 Å². The van der Waals surface area contributed by atoms with Gasteiger partial charge < -0.3 is 59.1 Å². The highest BCUT2D eigenvalue weighted by Crippen LogP contribution is 2.49. The van der Waals surface area contributed by atoms with Crippen LogP contribution in [0.2, 0.25) is 0 Å². The molecule has 4 heterocycles. The van der Waals surface area contributed by atoms with Crippen LogP contribution in [0.15, 0.2) is 24.3 Å². The average molecular weight is 1120 g/mol. The second-order valence-corrected chi connectivity index (χ2v) is 23.7. The molecule has 2 unspecified atom stereocenters. The Hall–Kier alpha value is -5.17. The molecule has 0 aromatic heterocycles. The summed E-state index contributed by atoms with van der Waals surface area (Å²) in [7, 11) is 13.3. The van der Waals surface area contributed by atoms with E-state index in [4.69, 9.17) is 28.4 Å². The molecule has 0 saturated carbocycles. The van der Waals surface area contributed by atoms with Crippen LogP contribution in [0.1, 0.15) is 141 Å². The van der Waals surface area contributed by atoms with Gasteiger partial charge in [0.15, 0.2) is 23.0 Å². The molecular weight excluding hydrogens is 1020 g/mol. The number of rotatable bonds is 27. The molecule has 6 rings (SSSR count). The minimum absolute atomic E-state index is 0.00658. The van der Waals surface area contributed by atoms with E-state index in [1.54, 1.807) is 61.7 Å². The van der Waals surface area contributed by atoms with E-state index in [0.29, 0.717) is 49.3 Å². The first-order valence-electron chi connectivity index (χ1n) is 29.7. The third-order valence-corrected chi connectivity index (χ3v) is 18.5. The smallest absolute Gasteiger partial charge is 0.245 e. The molecule has 18 heteroatoms. The molecule has 3 N–H and O–H groups in total. The van der Waals surface area contributed by atoms with Crippen LogP contribution in [0.25, 0.3) is 0 Å². The van der Waals surface area contributed by atoms with Gasteiger partial charge in [-0.15, -0.1) is 0 Å². The van der Waals surface area contributed by atoms with E-state index >= 15 is 0 Å². The number of carbonyl (C=O) groups is 5. The van der Waals surface area contributed by atoms with E-state index in [1.165, 1.54) is 11.1 Å². The topological polar surface area (TPSA) is 190 Å². The maximum Gasteiger partial charge on any atom is 0.245 e. The lowest BCUT2D eigenvalue weighted by atomic mass is 9.72. The standard InChI is InChI=1S/C62H99N7O11/c1-17-38(7)58(66(10)62(74)57(37(5)6)65-61(73)56(63-9)36(3)4)53(79-15)34-55(71)68-25-19-20-46(68)59(80-16)39(8)60(72)64-24-21-54(70)69-27-23-42-31-50(76-12)52(78-14)33-45(42)48(69)29-43-28-47-44-32-51(77-13)49(75-11)30-41(44)22-26-67(47)35-40(43)18-2/h30-33,36-40,43,46-48,53,56-59,63H,17-29,34-35H2,1-16H3,(H,64,72)(H,65,73)/t38-,39+,40-,43+,46?,47?,48+,53+,56-,57-,58-,59+/m0/s1. The van der Waals surface area contributed by atoms with E-state index in [9.17, 15) is 24.0 Å². The van der Waals surface area contributed by atoms with Crippen LogP contribution in [-0.4, -0.2) is 175 Å². The lowest BCUT2D eigenvalue weighted by Gasteiger charge is -2.49. The normalized spacial score (nSPS) is 22.6. The molecular formula is C62H99N7O11. The molecule has 2 saturated heterocycles. The number of carbonyl (C=O) groups excluding carboxylic acids is 5. The second-order valence-electron chi connectivity index (χ2n) is 23.7. The molecule has 0 aliphatic carbocycles. The van der Waals surface area contributed by atoms with Crippen LogP contribution in [0.4, 0.5) is 0 Å². The van der Waals surface area contributed by atoms with Gasteiger partial charge in [-0.3, -0.25) is 28.9 Å². The lowest BCUT2D eigenvalue weighted by Crippen LogP contribution is -2.59. The number of likely N-dealkylation sites (tertiary alicyclic amines) is 1. The van der Waals surface area contributed by atoms with Crippen LogP contribution in [0.3, 0.4) is 0 Å². The van der Waals surface area contributed by atoms with Gasteiger partial charge in [-0.25, -0.2) is 0 Å². The number of fused-ring (bicyclic) bond motifs is 4. The Morgan fingerprint density at radius 3 is 1.88 bits per heavy atom. The van der Waals surface area contributed by atoms with Crippen LogP contribution in [-0.2, 0) is 46.3 Å². The van der Waals surface area contributed by atoms with E-state index in [-0.39, 0.29) is 84.8 Å². The average Bonchev–Trinajstić information content (AvgIpc) is 3.98. The molecule has 2 fully saturated rings. The van der Waals surface area contributed by atoms with Gasteiger partial charge in [0.1, 0.15) is 6.04 Å². The van der Waals surface area contributed by atoms with Gasteiger partial charge in [0.2, 0.25) is 29.5 Å². The van der Waals surface area contributed by atoms with E-state index in [2.05, 4.69) is 52.0 Å². The molecule has 12 atom stereocenters. The number of hydrogen-bond donors (Lipinski definition) is 3. The molecule has 0 radical (unpaired) electrons. The van der Waals surface area contributed by atoms with E-state index < -0.39 is 36.3 Å². The third kappa shape index (κ3) is 14.2. The zero-order valence-electron chi connectivity index (χ0n) is 51.3. The second kappa shape index (κ2) is 29.2. The number of likely N-dealkylation sites (N-methyl/N-ethyl adjacent to an activating group) is 2. The van der Waals surface area contributed by atoms with Crippen molar-refractivity contribution in [2.24, 2.45) is 35.5 Å². The summed E-state index contributed by atoms with van der Waals surface area (Å²) < 4.78 is 35.3. The summed E-state index contributed by atoms with van der Waals surface area (Å²) >= 11 is 0. The van der Waals surface area contributed by atoms with E-state index in [0.717, 1.165) is 74.2 Å². The predicted octanol–water partition coefficient (Wildman–Crippen LogP) is 6.99. The Labute approximate surface area is 478 Å². The number of piperidine rings is 1. The van der Waals surface area contributed by atoms with Gasteiger partial charge in [-0.2, -0.15) is 0 Å². The summed E-state index contributed by atoms with van der Waals surface area (Å²) in [5.74, 6) is 1.72. The minimum Gasteiger partial charge on any atom is -0.493 e. The van der Waals surface area contributed by atoms with Gasteiger partial charge >= 0.3 is 0 Å². The van der Waals surface area contributed by atoms with Crippen molar-refractivity contribution in [2.75, 3.05) is 89.5 Å². The minimum atomic E-state index is -0.785. The predicted molar refractivity (Wildman–Crippen MR) is 310 cm³/mol. The number of methoxy groups -OCH3 is 6. The fourth-order valence-corrected chi connectivity index (χ4v) is 13.8. The number of amides is 5. The fraction of sp³-hybridized carbons (Fsp3) is 0.726. The van der Waals surface area contributed by atoms with Crippen molar-refractivity contribution in [1.29, 1.82) is 0 Å². The summed E-state index contributed by atoms with van der Waals surface area (Å²) in [4.78, 5) is 79.3. The Bertz CT molecular complexity index is 2420. The van der Waals surface area contributed by atoms with Crippen molar-refractivity contribution in [3.8, 4) is 23.0 Å². The van der Waals surface area contributed by atoms with Gasteiger partial charge in [0, 0.05) is 66.5 Å². The molecule has 18 nitrogen and oxygen atoms in total. The number of nitrogens with one attached hydrogen (secondary N) is 3. The maximum absolute atomic E-state index is 14.7. The highest BCUT2D eigenvalue weighted by atomic mass is 16.5. The van der Waals surface area contributed by atoms with Crippen LogP contribution < -0.4 is 34.9 Å². The molecule has 4 aliphatic heterocycles. The molecule has 2 aromatic rings. The van der Waals surface area contributed by atoms with Crippen molar-refractivity contribution in [1.82, 2.24) is 35.6 Å². The first kappa shape index (κ1) is 64.0. The Balaban J connectivity index is 1.14. The van der Waals surface area contributed by atoms with Gasteiger partial charge in [0.05, 0.1) is 77.2 Å². The number of nitrogens with zero attached hydrogens (tertiary/aromatic N) is 4. The van der Waals surface area contributed by atoms with Crippen molar-refractivity contribution in [2.45, 2.75) is 168 Å². The largest absolute Gasteiger partial charge is 0.493 e. The highest BCUT2D eigenvalue weighted by Gasteiger charge is 2.45. The first-order chi connectivity index (χ1) is 38.2. The van der Waals surface area contributed by atoms with Crippen LogP contribution >= 0.6 is 0 Å². The van der Waals surface area contributed by atoms with E-state index in [1.807, 2.05) is 58.3 Å². The van der Waals surface area contributed by atoms with Crippen molar-refractivity contribution >= 4 is 29.5 Å². The first-order valence-corrected chi connectivity index (χ1v) is 29.7. The summed E-state index contributed by atoms with van der Waals surface area (Å²) in [5, 5.41) is 9.17. The fourth-order valence-electron chi connectivity index (χ4n) is 13.8. The molecule has 2 aromatic carbocycles. The number of ether oxygens (including phenoxy) is 6. The lowest BCUT2D eigenvalue weighted by molar-refractivity contribution is -0.147. The highest BCUT2D eigenvalue weighted by molar-refractivity contribution is 5.90. The quantitative estimate of drug-likeness (QED) is 0.0831. The summed E-state index contributed by atoms with van der Waals surface area (Å²) in [5.41, 5.74) is 4.80. The van der Waals surface area contributed by atoms with Gasteiger partial charge in [-0.1, -0.05) is 68.2 Å². The molecule has 0 bridgehead atoms. The Kier molecular flexibility index (Phi) is 23.4. The summed E-state index contributed by atoms with van der Waals surface area (Å²) in [6.45, 7) is 19.1. The summed E-state index contributed by atoms with van der Waals surface area (Å²) in [6.07, 6.45) is 5.31. The maximum atomic E-state index is 14.7. The monoisotopic (exact) mass is 1120 g/mol. The Morgan fingerprint density at radius 2 is 1.31 bits per heavy atom. The number of benzene rings is 2. The third-order valence-electron chi connectivity index (χ3n) is 18.5. The van der Waals surface area contributed by atoms with Crippen molar-refractivity contribution in [3.63, 3.8) is 0 Å². The number of hydrogen-bond acceptors (Lipinski definition) is 13. The van der Waals surface area contributed by atoms with Crippen molar-refractivity contribution < 1.29 is 52.4 Å². The molecule has 4 aliphatic rings. The molecule has 80 heavy (non-hydrogen) atoms. The zero-order chi connectivity index (χ0) is 58.7.